The average molecular weight is 357 g/mol. The minimum atomic E-state index is -0.0329. The molecule has 140 valence electrons. The number of aromatic nitrogens is 2. The Bertz CT molecular complexity index is 813. The first-order valence-electron chi connectivity index (χ1n) is 9.02. The first-order chi connectivity index (χ1) is 12.4. The molecular weight excluding hydrogens is 330 g/mol. The highest BCUT2D eigenvalue weighted by Gasteiger charge is 2.21. The molecule has 0 saturated carbocycles. The number of aryl methyl sites for hydroxylation is 2. The van der Waals surface area contributed by atoms with Gasteiger partial charge < -0.3 is 14.4 Å². The topological polar surface area (TPSA) is 56.6 Å². The molecule has 1 aromatic carbocycles. The standard InChI is InChI=1S/C20H27N3O3/c1-13-17(15(3)23(5)21-13)7-9-20(24)22(4)14(2)16-6-8-18-19(12-16)26-11-10-25-18/h6,8,12,14H,7,9-11H2,1-5H3/t14-/m0/s1. The lowest BCUT2D eigenvalue weighted by Crippen LogP contribution is -2.30. The van der Waals surface area contributed by atoms with Crippen molar-refractivity contribution in [3.8, 4) is 11.5 Å². The lowest BCUT2D eigenvalue weighted by atomic mass is 10.0. The Morgan fingerprint density at radius 1 is 1.27 bits per heavy atom. The largest absolute Gasteiger partial charge is 0.486 e. The lowest BCUT2D eigenvalue weighted by molar-refractivity contribution is -0.131. The Morgan fingerprint density at radius 3 is 2.62 bits per heavy atom. The number of ether oxygens (including phenoxy) is 2. The van der Waals surface area contributed by atoms with Crippen LogP contribution in [0.3, 0.4) is 0 Å². The van der Waals surface area contributed by atoms with Gasteiger partial charge in [-0.3, -0.25) is 9.48 Å². The fraction of sp³-hybridized carbons (Fsp3) is 0.500. The van der Waals surface area contributed by atoms with Crippen molar-refractivity contribution in [1.82, 2.24) is 14.7 Å². The number of hydrogen-bond acceptors (Lipinski definition) is 4. The van der Waals surface area contributed by atoms with E-state index in [9.17, 15) is 4.79 Å². The minimum Gasteiger partial charge on any atom is -0.486 e. The molecule has 6 heteroatoms. The highest BCUT2D eigenvalue weighted by Crippen LogP contribution is 2.33. The third-order valence-electron chi connectivity index (χ3n) is 5.27. The molecule has 0 saturated heterocycles. The lowest BCUT2D eigenvalue weighted by Gasteiger charge is -2.27. The molecule has 1 aromatic heterocycles. The summed E-state index contributed by atoms with van der Waals surface area (Å²) in [4.78, 5) is 14.5. The molecule has 0 aliphatic carbocycles. The Hall–Kier alpha value is -2.50. The summed E-state index contributed by atoms with van der Waals surface area (Å²) in [6.07, 6.45) is 1.18. The maximum Gasteiger partial charge on any atom is 0.223 e. The molecule has 6 nitrogen and oxygen atoms in total. The summed E-state index contributed by atoms with van der Waals surface area (Å²) in [7, 11) is 3.79. The fourth-order valence-corrected chi connectivity index (χ4v) is 3.35. The molecule has 0 N–H and O–H groups in total. The average Bonchev–Trinajstić information content (AvgIpc) is 2.89. The third kappa shape index (κ3) is 3.54. The van der Waals surface area contributed by atoms with Crippen molar-refractivity contribution in [3.05, 3.63) is 40.7 Å². The summed E-state index contributed by atoms with van der Waals surface area (Å²) in [6, 6.07) is 5.85. The van der Waals surface area contributed by atoms with Crippen LogP contribution in [0.4, 0.5) is 0 Å². The van der Waals surface area contributed by atoms with Crippen LogP contribution >= 0.6 is 0 Å². The second kappa shape index (κ2) is 7.40. The predicted octanol–water partition coefficient (Wildman–Crippen LogP) is 2.96. The molecule has 0 unspecified atom stereocenters. The van der Waals surface area contributed by atoms with Crippen molar-refractivity contribution >= 4 is 5.91 Å². The SMILES string of the molecule is Cc1nn(C)c(C)c1CCC(=O)N(C)[C@@H](C)c1ccc2c(c1)OCCO2. The van der Waals surface area contributed by atoms with E-state index in [4.69, 9.17) is 9.47 Å². The first-order valence-corrected chi connectivity index (χ1v) is 9.02. The van der Waals surface area contributed by atoms with E-state index in [1.165, 1.54) is 5.56 Å². The van der Waals surface area contributed by atoms with Crippen molar-refractivity contribution in [1.29, 1.82) is 0 Å². The van der Waals surface area contributed by atoms with Gasteiger partial charge in [-0.2, -0.15) is 5.10 Å². The quantitative estimate of drug-likeness (QED) is 0.825. The molecular formula is C20H27N3O3. The molecule has 1 aliphatic rings. The number of carbonyl (C=O) groups is 1. The summed E-state index contributed by atoms with van der Waals surface area (Å²) < 4.78 is 13.1. The number of fused-ring (bicyclic) bond motifs is 1. The maximum absolute atomic E-state index is 12.7. The van der Waals surface area contributed by atoms with E-state index < -0.39 is 0 Å². The third-order valence-corrected chi connectivity index (χ3v) is 5.27. The summed E-state index contributed by atoms with van der Waals surface area (Å²) >= 11 is 0. The van der Waals surface area contributed by atoms with Crippen LogP contribution in [0.2, 0.25) is 0 Å². The highest BCUT2D eigenvalue weighted by molar-refractivity contribution is 5.76. The van der Waals surface area contributed by atoms with E-state index in [0.29, 0.717) is 26.1 Å². The molecule has 0 fully saturated rings. The van der Waals surface area contributed by atoms with Gasteiger partial charge in [0.2, 0.25) is 5.91 Å². The Labute approximate surface area is 154 Å². The van der Waals surface area contributed by atoms with Crippen LogP contribution in [-0.4, -0.2) is 40.8 Å². The van der Waals surface area contributed by atoms with Gasteiger partial charge in [0.1, 0.15) is 13.2 Å². The Balaban J connectivity index is 1.66. The number of hydrogen-bond donors (Lipinski definition) is 0. The smallest absolute Gasteiger partial charge is 0.223 e. The monoisotopic (exact) mass is 357 g/mol. The molecule has 1 atom stereocenters. The Morgan fingerprint density at radius 2 is 1.96 bits per heavy atom. The molecule has 0 bridgehead atoms. The van der Waals surface area contributed by atoms with Gasteiger partial charge in [0.05, 0.1) is 11.7 Å². The second-order valence-corrected chi connectivity index (χ2v) is 6.86. The highest BCUT2D eigenvalue weighted by atomic mass is 16.6. The van der Waals surface area contributed by atoms with Crippen molar-refractivity contribution in [2.45, 2.75) is 39.7 Å². The summed E-state index contributed by atoms with van der Waals surface area (Å²) in [5.41, 5.74) is 4.33. The van der Waals surface area contributed by atoms with Crippen molar-refractivity contribution in [2.75, 3.05) is 20.3 Å². The number of amides is 1. The van der Waals surface area contributed by atoms with Crippen LogP contribution in [0.25, 0.3) is 0 Å². The number of nitrogens with zero attached hydrogens (tertiary/aromatic N) is 3. The van der Waals surface area contributed by atoms with Gasteiger partial charge >= 0.3 is 0 Å². The van der Waals surface area contributed by atoms with E-state index in [1.807, 2.05) is 57.7 Å². The maximum atomic E-state index is 12.7. The first kappa shape index (κ1) is 18.3. The van der Waals surface area contributed by atoms with Crippen LogP contribution in [-0.2, 0) is 18.3 Å². The van der Waals surface area contributed by atoms with E-state index >= 15 is 0 Å². The van der Waals surface area contributed by atoms with Gasteiger partial charge in [-0.1, -0.05) is 6.07 Å². The molecule has 0 spiro atoms. The molecule has 0 radical (unpaired) electrons. The minimum absolute atomic E-state index is 0.0329. The van der Waals surface area contributed by atoms with E-state index in [2.05, 4.69) is 5.10 Å². The molecule has 1 amide bonds. The fourth-order valence-electron chi connectivity index (χ4n) is 3.35. The van der Waals surface area contributed by atoms with Crippen molar-refractivity contribution in [3.63, 3.8) is 0 Å². The van der Waals surface area contributed by atoms with E-state index in [-0.39, 0.29) is 11.9 Å². The number of benzene rings is 1. The Kier molecular flexibility index (Phi) is 5.20. The molecule has 2 heterocycles. The second-order valence-electron chi connectivity index (χ2n) is 6.86. The van der Waals surface area contributed by atoms with Crippen molar-refractivity contribution in [2.24, 2.45) is 7.05 Å². The summed E-state index contributed by atoms with van der Waals surface area (Å²) in [5.74, 6) is 1.64. The zero-order valence-corrected chi connectivity index (χ0v) is 16.2. The summed E-state index contributed by atoms with van der Waals surface area (Å²) in [6.45, 7) is 7.20. The molecule has 3 rings (SSSR count). The van der Waals surface area contributed by atoms with Crippen LogP contribution in [0.15, 0.2) is 18.2 Å². The van der Waals surface area contributed by atoms with Gasteiger partial charge in [0.25, 0.3) is 0 Å². The van der Waals surface area contributed by atoms with Crippen LogP contribution < -0.4 is 9.47 Å². The predicted molar refractivity (Wildman–Crippen MR) is 99.6 cm³/mol. The van der Waals surface area contributed by atoms with Gasteiger partial charge in [-0.25, -0.2) is 0 Å². The zero-order chi connectivity index (χ0) is 18.8. The molecule has 1 aliphatic heterocycles. The zero-order valence-electron chi connectivity index (χ0n) is 16.2. The number of rotatable bonds is 5. The number of carbonyl (C=O) groups excluding carboxylic acids is 1. The van der Waals surface area contributed by atoms with Gasteiger partial charge in [-0.15, -0.1) is 0 Å². The molecule has 2 aromatic rings. The van der Waals surface area contributed by atoms with Crippen LogP contribution in [0, 0.1) is 13.8 Å². The van der Waals surface area contributed by atoms with E-state index in [1.54, 1.807) is 4.90 Å². The van der Waals surface area contributed by atoms with Gasteiger partial charge in [0, 0.05) is 26.2 Å². The van der Waals surface area contributed by atoms with E-state index in [0.717, 1.165) is 28.5 Å². The normalized spacial score (nSPS) is 14.2. The van der Waals surface area contributed by atoms with Crippen molar-refractivity contribution < 1.29 is 14.3 Å². The van der Waals surface area contributed by atoms with Crippen LogP contribution in [0.1, 0.15) is 41.9 Å². The molecule has 26 heavy (non-hydrogen) atoms. The van der Waals surface area contributed by atoms with Gasteiger partial charge in [0.15, 0.2) is 11.5 Å². The summed E-state index contributed by atoms with van der Waals surface area (Å²) in [5, 5.41) is 4.42. The van der Waals surface area contributed by atoms with Crippen LogP contribution in [0.5, 0.6) is 11.5 Å². The van der Waals surface area contributed by atoms with Gasteiger partial charge in [-0.05, 0) is 50.5 Å².